The Balaban J connectivity index is 0.000000157. The van der Waals surface area contributed by atoms with E-state index in [0.717, 1.165) is 78.7 Å². The summed E-state index contributed by atoms with van der Waals surface area (Å²) in [4.78, 5) is 41.6. The Morgan fingerprint density at radius 3 is 1.48 bits per heavy atom. The van der Waals surface area contributed by atoms with Crippen LogP contribution in [0.15, 0.2) is 97.6 Å². The molecule has 4 aliphatic carbocycles. The van der Waals surface area contributed by atoms with Crippen LogP contribution in [0.2, 0.25) is 0 Å². The molecule has 0 amide bonds. The highest BCUT2D eigenvalue weighted by molar-refractivity contribution is 6.64. The number of ketones is 1. The molecule has 4 aliphatic rings. The van der Waals surface area contributed by atoms with Crippen LogP contribution >= 0.6 is 11.6 Å². The van der Waals surface area contributed by atoms with Crippen LogP contribution < -0.4 is 5.73 Å². The number of benzene rings is 2. The first-order valence-electron chi connectivity index (χ1n) is 23.3. The van der Waals surface area contributed by atoms with Crippen LogP contribution in [0.4, 0.5) is 14.5 Å². The maximum Gasteiger partial charge on any atom is 0.227 e. The number of nitrogen functional groups attached to an aromatic ring is 1. The van der Waals surface area contributed by atoms with Gasteiger partial charge in [-0.15, -0.1) is 0 Å². The largest absolute Gasteiger partial charge is 0.397 e. The Morgan fingerprint density at radius 1 is 0.627 bits per heavy atom. The Hall–Kier alpha value is -6.17. The third-order valence-electron chi connectivity index (χ3n) is 15.9. The van der Waals surface area contributed by atoms with Crippen LogP contribution in [0, 0.1) is 80.6 Å². The zero-order valence-corrected chi connectivity index (χ0v) is 39.2. The summed E-state index contributed by atoms with van der Waals surface area (Å²) in [7, 11) is 0. The molecular weight excluding hydrogens is 864 g/mol. The Kier molecular flexibility index (Phi) is 13.8. The molecule has 9 nitrogen and oxygen atoms in total. The number of hydrogen-bond donors (Lipinski definition) is 1. The van der Waals surface area contributed by atoms with Crippen molar-refractivity contribution in [2.75, 3.05) is 5.73 Å². The van der Waals surface area contributed by atoms with Crippen LogP contribution in [0.5, 0.6) is 0 Å². The van der Waals surface area contributed by atoms with E-state index in [4.69, 9.17) is 27.9 Å². The Labute approximate surface area is 396 Å². The van der Waals surface area contributed by atoms with Gasteiger partial charge in [0.15, 0.2) is 0 Å². The predicted octanol–water partition coefficient (Wildman–Crippen LogP) is 12.2. The van der Waals surface area contributed by atoms with Gasteiger partial charge in [0.2, 0.25) is 5.24 Å². The third-order valence-corrected chi connectivity index (χ3v) is 16.3. The second-order valence-electron chi connectivity index (χ2n) is 20.4. The van der Waals surface area contributed by atoms with E-state index < -0.39 is 5.41 Å². The fraction of sp³-hybridized carbons (Fsp3) is 0.418. The Bertz CT molecular complexity index is 2850. The highest BCUT2D eigenvalue weighted by atomic mass is 35.5. The quantitative estimate of drug-likeness (QED) is 0.147. The lowest BCUT2D eigenvalue weighted by atomic mass is 9.71. The van der Waals surface area contributed by atoms with Crippen LogP contribution in [0.25, 0.3) is 21.8 Å². The molecule has 0 aliphatic heterocycles. The highest BCUT2D eigenvalue weighted by Gasteiger charge is 2.50. The fourth-order valence-corrected chi connectivity index (χ4v) is 11.9. The smallest absolute Gasteiger partial charge is 0.227 e. The van der Waals surface area contributed by atoms with Gasteiger partial charge in [-0.05, 0) is 194 Å². The predicted molar refractivity (Wildman–Crippen MR) is 256 cm³/mol. The number of hydrogen-bond acceptors (Lipinski definition) is 9. The molecule has 4 fully saturated rings. The maximum absolute atomic E-state index is 13.9. The van der Waals surface area contributed by atoms with Gasteiger partial charge in [0.05, 0.1) is 22.9 Å². The van der Waals surface area contributed by atoms with Gasteiger partial charge in [0.1, 0.15) is 40.9 Å². The first-order chi connectivity index (χ1) is 32.0. The summed E-state index contributed by atoms with van der Waals surface area (Å²) in [6, 6.07) is 24.4. The second-order valence-corrected chi connectivity index (χ2v) is 20.7. The molecule has 4 heterocycles. The van der Waals surface area contributed by atoms with Gasteiger partial charge in [-0.2, -0.15) is 10.5 Å². The number of anilines is 1. The van der Waals surface area contributed by atoms with Crippen molar-refractivity contribution >= 4 is 50.1 Å². The molecule has 0 saturated heterocycles. The van der Waals surface area contributed by atoms with E-state index in [9.17, 15) is 18.4 Å². The number of pyridine rings is 4. The van der Waals surface area contributed by atoms with E-state index in [1.54, 1.807) is 48.7 Å². The average molecular weight is 921 g/mol. The second kappa shape index (κ2) is 19.6. The summed E-state index contributed by atoms with van der Waals surface area (Å²) in [5.74, 6) is 3.96. The van der Waals surface area contributed by atoms with Crippen molar-refractivity contribution in [2.45, 2.75) is 97.3 Å². The lowest BCUT2D eigenvalue weighted by Crippen LogP contribution is -2.33. The maximum atomic E-state index is 13.9. The lowest BCUT2D eigenvalue weighted by molar-refractivity contribution is -0.129. The number of aromatic nitrogens is 4. The number of carbonyl (C=O) groups excluding carboxylic acids is 2. The van der Waals surface area contributed by atoms with Gasteiger partial charge in [-0.1, -0.05) is 33.8 Å². The molecule has 4 saturated carbocycles. The monoisotopic (exact) mass is 919 g/mol. The minimum atomic E-state index is -0.437. The molecule has 67 heavy (non-hydrogen) atoms. The molecule has 10 rings (SSSR count). The number of halogens is 3. The van der Waals surface area contributed by atoms with Crippen molar-refractivity contribution in [1.82, 2.24) is 19.9 Å². The number of nitrogens with two attached hydrogens (primary N) is 1. The van der Waals surface area contributed by atoms with E-state index in [0.29, 0.717) is 70.8 Å². The van der Waals surface area contributed by atoms with Crippen molar-refractivity contribution in [3.05, 3.63) is 137 Å². The van der Waals surface area contributed by atoms with Crippen molar-refractivity contribution < 1.29 is 18.4 Å². The number of nitriles is 2. The fourth-order valence-electron chi connectivity index (χ4n) is 11.8. The minimum Gasteiger partial charge on any atom is -0.397 e. The summed E-state index contributed by atoms with van der Waals surface area (Å²) >= 11 is 5.83. The van der Waals surface area contributed by atoms with Gasteiger partial charge in [0.25, 0.3) is 0 Å². The average Bonchev–Trinajstić information content (AvgIpc) is 4.11. The van der Waals surface area contributed by atoms with E-state index >= 15 is 0 Å². The zero-order chi connectivity index (χ0) is 47.6. The molecular formula is C55H56ClF2N7O2. The number of fused-ring (bicyclic) bond motifs is 4. The Morgan fingerprint density at radius 2 is 1.07 bits per heavy atom. The molecule has 2 aromatic carbocycles. The molecule has 2 N–H and O–H groups in total. The first-order valence-corrected chi connectivity index (χ1v) is 23.7. The number of carbonyl (C=O) groups is 2. The molecule has 344 valence electrons. The molecule has 6 aromatic rings. The number of Topliss-reactive ketones (excluding diaryl/α,β-unsaturated/α-hetero) is 1. The van der Waals surface area contributed by atoms with E-state index in [1.807, 2.05) is 44.4 Å². The summed E-state index contributed by atoms with van der Waals surface area (Å²) in [5.41, 5.74) is 10.8. The zero-order valence-electron chi connectivity index (χ0n) is 38.4. The molecule has 0 bridgehead atoms. The first kappa shape index (κ1) is 47.3. The number of rotatable bonds is 8. The van der Waals surface area contributed by atoms with Gasteiger partial charge in [-0.3, -0.25) is 19.6 Å². The van der Waals surface area contributed by atoms with E-state index in [2.05, 4.69) is 45.9 Å². The molecule has 0 radical (unpaired) electrons. The van der Waals surface area contributed by atoms with E-state index in [1.165, 1.54) is 29.5 Å². The van der Waals surface area contributed by atoms with Crippen molar-refractivity contribution in [2.24, 2.45) is 46.3 Å². The summed E-state index contributed by atoms with van der Waals surface area (Å²) in [6.07, 6.45) is 15.8. The van der Waals surface area contributed by atoms with Crippen molar-refractivity contribution in [1.29, 1.82) is 10.5 Å². The molecule has 8 atom stereocenters. The van der Waals surface area contributed by atoms with Gasteiger partial charge < -0.3 is 5.73 Å². The van der Waals surface area contributed by atoms with E-state index in [-0.39, 0.29) is 28.1 Å². The van der Waals surface area contributed by atoms with Gasteiger partial charge in [0, 0.05) is 46.6 Å². The van der Waals surface area contributed by atoms with Crippen LogP contribution in [0.1, 0.15) is 119 Å². The topological polar surface area (TPSA) is 159 Å². The molecule has 4 aromatic heterocycles. The van der Waals surface area contributed by atoms with Gasteiger partial charge >= 0.3 is 0 Å². The third kappa shape index (κ3) is 10.2. The van der Waals surface area contributed by atoms with Crippen LogP contribution in [0.3, 0.4) is 0 Å². The van der Waals surface area contributed by atoms with Crippen LogP contribution in [-0.4, -0.2) is 31.0 Å². The normalized spacial score (nSPS) is 24.1. The minimum absolute atomic E-state index is 0.206. The molecule has 4 unspecified atom stereocenters. The van der Waals surface area contributed by atoms with Gasteiger partial charge in [-0.25, -0.2) is 18.7 Å². The summed E-state index contributed by atoms with van der Waals surface area (Å²) in [5, 5.41) is 18.9. The molecule has 0 spiro atoms. The van der Waals surface area contributed by atoms with Crippen molar-refractivity contribution in [3.63, 3.8) is 0 Å². The van der Waals surface area contributed by atoms with Crippen LogP contribution in [-0.2, 0) is 16.0 Å². The standard InChI is InChI=1S/C28H28FN3O.C21H23ClFNO.C6H5N3/c1-28(2,27(33)9-17-3-5-23(15-30)32-16-17)21-12-18-10-20(11-19(18)13-21)24-7-8-31-26-6-4-22(29)14-25(24)26;1-21(2,20(22)25)15-9-12-7-14(8-13(12)10-15)17-5-6-24-19-4-3-16(23)11-18(17)19;7-3-6-2-1-5(8)4-9-6/h3-8,14,16,18-21H,9-13H2,1-2H3;3-6,11-15H,7-10H2,1-2H3;1-2,4H,8H2/t18-,19+,20?,21?;12-,13+,14?,15?;. The highest BCUT2D eigenvalue weighted by Crippen LogP contribution is 2.58. The number of nitrogens with zero attached hydrogens (tertiary/aromatic N) is 6. The van der Waals surface area contributed by atoms with Crippen molar-refractivity contribution in [3.8, 4) is 12.1 Å². The summed E-state index contributed by atoms with van der Waals surface area (Å²) in [6.45, 7) is 8.14. The SMILES string of the molecule is CC(C)(C(=O)Cc1ccc(C#N)nc1)C1C[C@H]2CC(c3ccnc4ccc(F)cc34)C[C@H]2C1.CC(C)(C(=O)Cl)C1C[C@H]2CC(c3ccnc4ccc(F)cc34)C[C@H]2C1.N#Cc1ccc(N)cn1. The summed E-state index contributed by atoms with van der Waals surface area (Å²) < 4.78 is 27.6. The lowest BCUT2D eigenvalue weighted by Gasteiger charge is -2.31. The molecule has 12 heteroatoms.